The standard InChI is InChI=1S/C17H20N4O3S/c22-15(20-16-18-6-11-25-16)14(12-13-4-2-1-3-5-13)19-17(23)21-7-9-24-10-8-21/h1-6,11,14H,7-10,12H2,(H,19,23)(H,18,20,22)/t14-/m1/s1. The number of aromatic nitrogens is 1. The summed E-state index contributed by atoms with van der Waals surface area (Å²) in [6, 6.07) is 8.68. The average Bonchev–Trinajstić information content (AvgIpc) is 3.15. The van der Waals surface area contributed by atoms with Gasteiger partial charge in [0.25, 0.3) is 0 Å². The third-order valence-corrected chi connectivity index (χ3v) is 4.55. The Morgan fingerprint density at radius 3 is 2.68 bits per heavy atom. The zero-order chi connectivity index (χ0) is 17.5. The minimum Gasteiger partial charge on any atom is -0.378 e. The molecule has 3 amide bonds. The van der Waals surface area contributed by atoms with E-state index in [-0.39, 0.29) is 11.9 Å². The summed E-state index contributed by atoms with van der Waals surface area (Å²) >= 11 is 1.34. The van der Waals surface area contributed by atoms with Crippen LogP contribution in [-0.2, 0) is 16.0 Å². The first-order chi connectivity index (χ1) is 12.2. The molecule has 0 aliphatic carbocycles. The van der Waals surface area contributed by atoms with Crippen molar-refractivity contribution in [1.82, 2.24) is 15.2 Å². The number of hydrogen-bond donors (Lipinski definition) is 2. The highest BCUT2D eigenvalue weighted by atomic mass is 32.1. The van der Waals surface area contributed by atoms with E-state index in [9.17, 15) is 9.59 Å². The number of urea groups is 1. The maximum atomic E-state index is 12.6. The summed E-state index contributed by atoms with van der Waals surface area (Å²) < 4.78 is 5.26. The summed E-state index contributed by atoms with van der Waals surface area (Å²) in [5.41, 5.74) is 0.976. The zero-order valence-corrected chi connectivity index (χ0v) is 14.5. The fraction of sp³-hybridized carbons (Fsp3) is 0.353. The number of nitrogens with zero attached hydrogens (tertiary/aromatic N) is 2. The third kappa shape index (κ3) is 5.01. The molecule has 1 atom stereocenters. The van der Waals surface area contributed by atoms with Crippen molar-refractivity contribution < 1.29 is 14.3 Å². The first kappa shape index (κ1) is 17.4. The van der Waals surface area contributed by atoms with Crippen molar-refractivity contribution in [2.45, 2.75) is 12.5 Å². The van der Waals surface area contributed by atoms with Gasteiger partial charge in [0.05, 0.1) is 13.2 Å². The van der Waals surface area contributed by atoms with Crippen LogP contribution in [0.25, 0.3) is 0 Å². The molecule has 0 spiro atoms. The Hall–Kier alpha value is -2.45. The Balaban J connectivity index is 1.68. The van der Waals surface area contributed by atoms with Gasteiger partial charge in [0.15, 0.2) is 5.13 Å². The molecule has 0 unspecified atom stereocenters. The molecule has 1 aliphatic rings. The summed E-state index contributed by atoms with van der Waals surface area (Å²) in [4.78, 5) is 30.8. The van der Waals surface area contributed by atoms with Gasteiger partial charge in [-0.15, -0.1) is 11.3 Å². The molecular weight excluding hydrogens is 340 g/mol. The molecule has 132 valence electrons. The summed E-state index contributed by atoms with van der Waals surface area (Å²) in [7, 11) is 0. The molecule has 8 heteroatoms. The lowest BCUT2D eigenvalue weighted by Crippen LogP contribution is -2.53. The van der Waals surface area contributed by atoms with E-state index in [1.165, 1.54) is 11.3 Å². The number of benzene rings is 1. The molecule has 25 heavy (non-hydrogen) atoms. The number of nitrogens with one attached hydrogen (secondary N) is 2. The molecule has 0 bridgehead atoms. The summed E-state index contributed by atoms with van der Waals surface area (Å²) in [5.74, 6) is -0.277. The zero-order valence-electron chi connectivity index (χ0n) is 13.7. The lowest BCUT2D eigenvalue weighted by molar-refractivity contribution is -0.118. The quantitative estimate of drug-likeness (QED) is 0.851. The molecular formula is C17H20N4O3S. The van der Waals surface area contributed by atoms with Crippen molar-refractivity contribution in [3.8, 4) is 0 Å². The molecule has 1 aromatic carbocycles. The summed E-state index contributed by atoms with van der Waals surface area (Å²) in [6.45, 7) is 2.08. The number of amides is 3. The number of carbonyl (C=O) groups is 2. The van der Waals surface area contributed by atoms with E-state index >= 15 is 0 Å². The van der Waals surface area contributed by atoms with E-state index < -0.39 is 6.04 Å². The second-order valence-corrected chi connectivity index (χ2v) is 6.51. The Morgan fingerprint density at radius 2 is 2.00 bits per heavy atom. The van der Waals surface area contributed by atoms with Crippen molar-refractivity contribution in [1.29, 1.82) is 0 Å². The Kier molecular flexibility index (Phi) is 5.97. The molecule has 2 N–H and O–H groups in total. The van der Waals surface area contributed by atoms with Crippen LogP contribution in [0, 0.1) is 0 Å². The number of anilines is 1. The average molecular weight is 360 g/mol. The second kappa shape index (κ2) is 8.59. The predicted octanol–water partition coefficient (Wildman–Crippen LogP) is 1.73. The van der Waals surface area contributed by atoms with E-state index in [1.807, 2.05) is 30.3 Å². The van der Waals surface area contributed by atoms with Crippen molar-refractivity contribution in [3.05, 3.63) is 47.5 Å². The molecule has 1 aromatic heterocycles. The minimum atomic E-state index is -0.679. The fourth-order valence-electron chi connectivity index (χ4n) is 2.54. The van der Waals surface area contributed by atoms with Crippen LogP contribution in [-0.4, -0.2) is 54.2 Å². The smallest absolute Gasteiger partial charge is 0.318 e. The van der Waals surface area contributed by atoms with Gasteiger partial charge >= 0.3 is 6.03 Å². The summed E-state index contributed by atoms with van der Waals surface area (Å²) in [5, 5.41) is 7.91. The van der Waals surface area contributed by atoms with Gasteiger partial charge in [-0.25, -0.2) is 9.78 Å². The lowest BCUT2D eigenvalue weighted by atomic mass is 10.1. The van der Waals surface area contributed by atoms with Gasteiger partial charge in [0.1, 0.15) is 6.04 Å². The highest BCUT2D eigenvalue weighted by molar-refractivity contribution is 7.13. The maximum absolute atomic E-state index is 12.6. The van der Waals surface area contributed by atoms with Gasteiger partial charge in [0.2, 0.25) is 5.91 Å². The Morgan fingerprint density at radius 1 is 1.24 bits per heavy atom. The molecule has 0 radical (unpaired) electrons. The van der Waals surface area contributed by atoms with Crippen molar-refractivity contribution in [2.75, 3.05) is 31.6 Å². The summed E-state index contributed by atoms with van der Waals surface area (Å²) in [6.07, 6.45) is 2.03. The number of rotatable bonds is 5. The van der Waals surface area contributed by atoms with Gasteiger partial charge in [-0.05, 0) is 5.56 Å². The van der Waals surface area contributed by atoms with Crippen LogP contribution in [0.15, 0.2) is 41.9 Å². The molecule has 1 aliphatic heterocycles. The third-order valence-electron chi connectivity index (χ3n) is 3.86. The fourth-order valence-corrected chi connectivity index (χ4v) is 3.08. The lowest BCUT2D eigenvalue weighted by Gasteiger charge is -2.29. The van der Waals surface area contributed by atoms with Crippen molar-refractivity contribution in [3.63, 3.8) is 0 Å². The second-order valence-electron chi connectivity index (χ2n) is 5.62. The minimum absolute atomic E-state index is 0.251. The molecule has 7 nitrogen and oxygen atoms in total. The number of morpholine rings is 1. The monoisotopic (exact) mass is 360 g/mol. The normalized spacial score (nSPS) is 15.4. The highest BCUT2D eigenvalue weighted by Gasteiger charge is 2.25. The number of carbonyl (C=O) groups excluding carboxylic acids is 2. The van der Waals surface area contributed by atoms with Crippen molar-refractivity contribution >= 4 is 28.4 Å². The molecule has 2 heterocycles. The first-order valence-corrected chi connectivity index (χ1v) is 8.98. The SMILES string of the molecule is O=C(Nc1nccs1)[C@@H](Cc1ccccc1)NC(=O)N1CCOCC1. The maximum Gasteiger partial charge on any atom is 0.318 e. The van der Waals surface area contributed by atoms with Crippen LogP contribution in [0.4, 0.5) is 9.93 Å². The van der Waals surface area contributed by atoms with E-state index in [0.29, 0.717) is 37.9 Å². The van der Waals surface area contributed by atoms with Gasteiger partial charge in [-0.2, -0.15) is 0 Å². The molecule has 2 aromatic rings. The number of hydrogen-bond acceptors (Lipinski definition) is 5. The largest absolute Gasteiger partial charge is 0.378 e. The van der Waals surface area contributed by atoms with E-state index in [4.69, 9.17) is 4.74 Å². The van der Waals surface area contributed by atoms with Crippen LogP contribution in [0.2, 0.25) is 0 Å². The van der Waals surface area contributed by atoms with Crippen LogP contribution in [0.3, 0.4) is 0 Å². The van der Waals surface area contributed by atoms with E-state index in [2.05, 4.69) is 15.6 Å². The van der Waals surface area contributed by atoms with E-state index in [1.54, 1.807) is 16.5 Å². The first-order valence-electron chi connectivity index (χ1n) is 8.10. The van der Waals surface area contributed by atoms with Crippen LogP contribution >= 0.6 is 11.3 Å². The van der Waals surface area contributed by atoms with Gasteiger partial charge in [-0.1, -0.05) is 30.3 Å². The van der Waals surface area contributed by atoms with Gasteiger partial charge in [-0.3, -0.25) is 4.79 Å². The number of ether oxygens (including phenoxy) is 1. The van der Waals surface area contributed by atoms with Gasteiger partial charge < -0.3 is 20.3 Å². The molecule has 3 rings (SSSR count). The Bertz CT molecular complexity index is 687. The molecule has 0 saturated carbocycles. The molecule has 1 fully saturated rings. The molecule has 1 saturated heterocycles. The van der Waals surface area contributed by atoms with Crippen molar-refractivity contribution in [2.24, 2.45) is 0 Å². The van der Waals surface area contributed by atoms with Crippen LogP contribution < -0.4 is 10.6 Å². The van der Waals surface area contributed by atoms with E-state index in [0.717, 1.165) is 5.56 Å². The van der Waals surface area contributed by atoms with Crippen LogP contribution in [0.5, 0.6) is 0 Å². The predicted molar refractivity (Wildman–Crippen MR) is 95.6 cm³/mol. The topological polar surface area (TPSA) is 83.6 Å². The van der Waals surface area contributed by atoms with Gasteiger partial charge in [0, 0.05) is 31.1 Å². The highest BCUT2D eigenvalue weighted by Crippen LogP contribution is 2.12. The Labute approximate surface area is 150 Å². The van der Waals surface area contributed by atoms with Crippen LogP contribution in [0.1, 0.15) is 5.56 Å². The number of thiazole rings is 1.